The molecule has 0 aromatic rings. The zero-order valence-electron chi connectivity index (χ0n) is 10.1. The van der Waals surface area contributed by atoms with Gasteiger partial charge in [-0.2, -0.15) is 0 Å². The molecular formula is C12H18O3Si. The zero-order chi connectivity index (χ0) is 11.9. The number of fused-ring (bicyclic) bond motifs is 1. The monoisotopic (exact) mass is 238 g/mol. The molecule has 0 saturated carbocycles. The summed E-state index contributed by atoms with van der Waals surface area (Å²) in [7, 11) is -1.13. The van der Waals surface area contributed by atoms with Crippen molar-refractivity contribution < 1.29 is 14.3 Å². The van der Waals surface area contributed by atoms with Gasteiger partial charge in [-0.3, -0.25) is 9.59 Å². The molecule has 0 bridgehead atoms. The number of ether oxygens (including phenoxy) is 1. The van der Waals surface area contributed by atoms with Gasteiger partial charge in [0.05, 0.1) is 11.8 Å². The van der Waals surface area contributed by atoms with Gasteiger partial charge in [0.25, 0.3) is 0 Å². The molecule has 1 saturated heterocycles. The molecule has 3 nitrogen and oxygen atoms in total. The zero-order valence-corrected chi connectivity index (χ0v) is 11.1. The number of esters is 2. The van der Waals surface area contributed by atoms with Gasteiger partial charge in [0, 0.05) is 8.07 Å². The van der Waals surface area contributed by atoms with Gasteiger partial charge >= 0.3 is 11.9 Å². The first-order valence-electron chi connectivity index (χ1n) is 5.80. The van der Waals surface area contributed by atoms with Crippen LogP contribution in [0.5, 0.6) is 0 Å². The Hall–Kier alpha value is -0.903. The van der Waals surface area contributed by atoms with Crippen molar-refractivity contribution in [2.75, 3.05) is 0 Å². The first-order valence-corrected chi connectivity index (χ1v) is 9.51. The van der Waals surface area contributed by atoms with Crippen LogP contribution in [0.2, 0.25) is 25.7 Å². The number of carbonyl (C=O) groups excluding carboxylic acids is 2. The van der Waals surface area contributed by atoms with Gasteiger partial charge in [-0.25, -0.2) is 0 Å². The van der Waals surface area contributed by atoms with Crippen LogP contribution in [0.3, 0.4) is 0 Å². The summed E-state index contributed by atoms with van der Waals surface area (Å²) in [5.41, 5.74) is 1.35. The average Bonchev–Trinajstić information content (AvgIpc) is 2.40. The predicted molar refractivity (Wildman–Crippen MR) is 63.5 cm³/mol. The number of hydrogen-bond donors (Lipinski definition) is 0. The Balaban J connectivity index is 2.10. The highest BCUT2D eigenvalue weighted by molar-refractivity contribution is 6.76. The lowest BCUT2D eigenvalue weighted by Gasteiger charge is -2.24. The van der Waals surface area contributed by atoms with Crippen LogP contribution in [0, 0.1) is 11.8 Å². The lowest BCUT2D eigenvalue weighted by Crippen LogP contribution is -2.26. The third-order valence-electron chi connectivity index (χ3n) is 3.19. The molecule has 4 heteroatoms. The Morgan fingerprint density at radius 2 is 1.88 bits per heavy atom. The Kier molecular flexibility index (Phi) is 2.78. The highest BCUT2D eigenvalue weighted by Gasteiger charge is 2.45. The van der Waals surface area contributed by atoms with Gasteiger partial charge < -0.3 is 4.74 Å². The number of hydrogen-bond acceptors (Lipinski definition) is 3. The smallest absolute Gasteiger partial charge is 0.317 e. The fourth-order valence-electron chi connectivity index (χ4n) is 2.55. The topological polar surface area (TPSA) is 43.4 Å². The summed E-state index contributed by atoms with van der Waals surface area (Å²) in [5.74, 6) is -1.02. The second-order valence-corrected chi connectivity index (χ2v) is 11.5. The second kappa shape index (κ2) is 3.84. The summed E-state index contributed by atoms with van der Waals surface area (Å²) in [4.78, 5) is 22.8. The Labute approximate surface area is 96.9 Å². The van der Waals surface area contributed by atoms with Crippen LogP contribution in [0.1, 0.15) is 12.8 Å². The minimum atomic E-state index is -1.13. The van der Waals surface area contributed by atoms with Crippen molar-refractivity contribution in [1.29, 1.82) is 0 Å². The van der Waals surface area contributed by atoms with E-state index in [0.717, 1.165) is 12.5 Å². The van der Waals surface area contributed by atoms with Crippen molar-refractivity contribution in [2.24, 2.45) is 11.8 Å². The molecule has 0 amide bonds. The maximum Gasteiger partial charge on any atom is 0.317 e. The highest BCUT2D eigenvalue weighted by Crippen LogP contribution is 2.38. The summed E-state index contributed by atoms with van der Waals surface area (Å²) < 4.78 is 4.69. The third-order valence-corrected chi connectivity index (χ3v) is 4.71. The van der Waals surface area contributed by atoms with Crippen LogP contribution in [0.15, 0.2) is 11.6 Å². The van der Waals surface area contributed by atoms with Gasteiger partial charge in [0.15, 0.2) is 0 Å². The molecule has 2 atom stereocenters. The molecule has 2 rings (SSSR count). The number of cyclic esters (lactones) is 2. The summed E-state index contributed by atoms with van der Waals surface area (Å²) >= 11 is 0. The van der Waals surface area contributed by atoms with Crippen LogP contribution in [-0.2, 0) is 14.3 Å². The van der Waals surface area contributed by atoms with E-state index in [1.807, 2.05) is 0 Å². The van der Waals surface area contributed by atoms with E-state index in [9.17, 15) is 9.59 Å². The minimum Gasteiger partial charge on any atom is -0.393 e. The standard InChI is InChI=1S/C12H18O3Si/c1-16(2,3)7-8-4-5-9-10(6-8)12(14)15-11(9)13/h4,9-10H,5-7H2,1-3H3/t9-,10+/m1/s1. The van der Waals surface area contributed by atoms with Crippen molar-refractivity contribution >= 4 is 20.0 Å². The molecule has 0 aromatic heterocycles. The van der Waals surface area contributed by atoms with Crippen LogP contribution in [0.25, 0.3) is 0 Å². The maximum atomic E-state index is 11.5. The fraction of sp³-hybridized carbons (Fsp3) is 0.667. The first-order chi connectivity index (χ1) is 7.37. The Morgan fingerprint density at radius 1 is 1.25 bits per heavy atom. The van der Waals surface area contributed by atoms with Crippen molar-refractivity contribution in [3.05, 3.63) is 11.6 Å². The molecule has 2 aliphatic rings. The first kappa shape index (κ1) is 11.6. The Bertz CT molecular complexity index is 365. The molecule has 0 aromatic carbocycles. The molecule has 88 valence electrons. The van der Waals surface area contributed by atoms with Gasteiger partial charge in [0.2, 0.25) is 0 Å². The molecule has 1 aliphatic carbocycles. The van der Waals surface area contributed by atoms with E-state index in [4.69, 9.17) is 0 Å². The van der Waals surface area contributed by atoms with Gasteiger partial charge in [-0.1, -0.05) is 31.3 Å². The van der Waals surface area contributed by atoms with Crippen LogP contribution in [0.4, 0.5) is 0 Å². The highest BCUT2D eigenvalue weighted by atomic mass is 28.3. The molecule has 1 fully saturated rings. The van der Waals surface area contributed by atoms with Crippen LogP contribution < -0.4 is 0 Å². The molecule has 1 aliphatic heterocycles. The van der Waals surface area contributed by atoms with E-state index in [0.29, 0.717) is 6.42 Å². The van der Waals surface area contributed by atoms with Gasteiger partial charge in [0.1, 0.15) is 0 Å². The molecule has 0 radical (unpaired) electrons. The largest absolute Gasteiger partial charge is 0.393 e. The molecule has 16 heavy (non-hydrogen) atoms. The summed E-state index contributed by atoms with van der Waals surface area (Å²) in [6, 6.07) is 1.12. The van der Waals surface area contributed by atoms with Crippen molar-refractivity contribution in [1.82, 2.24) is 0 Å². The quantitative estimate of drug-likeness (QED) is 0.321. The van der Waals surface area contributed by atoms with Crippen LogP contribution >= 0.6 is 0 Å². The summed E-state index contributed by atoms with van der Waals surface area (Å²) in [6.07, 6.45) is 3.58. The van der Waals surface area contributed by atoms with E-state index in [1.165, 1.54) is 5.57 Å². The van der Waals surface area contributed by atoms with Gasteiger partial charge in [-0.05, 0) is 18.9 Å². The number of rotatable bonds is 2. The fourth-order valence-corrected chi connectivity index (χ4v) is 4.20. The van der Waals surface area contributed by atoms with E-state index < -0.39 is 8.07 Å². The molecule has 0 unspecified atom stereocenters. The third kappa shape index (κ3) is 2.26. The lowest BCUT2D eigenvalue weighted by atomic mass is 9.82. The van der Waals surface area contributed by atoms with Crippen molar-refractivity contribution in [3.8, 4) is 0 Å². The molecule has 0 N–H and O–H groups in total. The van der Waals surface area contributed by atoms with E-state index in [1.54, 1.807) is 0 Å². The SMILES string of the molecule is C[Si](C)(C)CC1=CC[C@H]2C(=O)OC(=O)[C@H]2C1. The minimum absolute atomic E-state index is 0.191. The molecule has 1 heterocycles. The van der Waals surface area contributed by atoms with E-state index in [2.05, 4.69) is 30.5 Å². The van der Waals surface area contributed by atoms with Crippen molar-refractivity contribution in [3.63, 3.8) is 0 Å². The summed E-state index contributed by atoms with van der Waals surface area (Å²) in [6.45, 7) is 6.95. The Morgan fingerprint density at radius 3 is 2.50 bits per heavy atom. The normalized spacial score (nSPS) is 29.8. The van der Waals surface area contributed by atoms with Crippen molar-refractivity contribution in [2.45, 2.75) is 38.5 Å². The summed E-state index contributed by atoms with van der Waals surface area (Å²) in [5, 5.41) is 0. The maximum absolute atomic E-state index is 11.5. The number of carbonyl (C=O) groups is 2. The van der Waals surface area contributed by atoms with E-state index in [-0.39, 0.29) is 23.8 Å². The average molecular weight is 238 g/mol. The van der Waals surface area contributed by atoms with Crippen LogP contribution in [-0.4, -0.2) is 20.0 Å². The van der Waals surface area contributed by atoms with Gasteiger partial charge in [-0.15, -0.1) is 0 Å². The molecular weight excluding hydrogens is 220 g/mol. The lowest BCUT2D eigenvalue weighted by molar-refractivity contribution is -0.153. The predicted octanol–water partition coefficient (Wildman–Crippen LogP) is 2.36. The number of allylic oxidation sites excluding steroid dienone is 2. The molecule has 0 spiro atoms. The van der Waals surface area contributed by atoms with E-state index >= 15 is 0 Å². The second-order valence-electron chi connectivity index (χ2n) is 5.99.